The molecule has 0 aliphatic carbocycles. The highest BCUT2D eigenvalue weighted by molar-refractivity contribution is 5.90. The number of amides is 1. The highest BCUT2D eigenvalue weighted by Crippen LogP contribution is 2.29. The Morgan fingerprint density at radius 2 is 2.00 bits per heavy atom. The zero-order valence-corrected chi connectivity index (χ0v) is 15.4. The molecule has 0 unspecified atom stereocenters. The maximum Gasteiger partial charge on any atom is 0.221 e. The molecule has 2 N–H and O–H groups in total. The summed E-state index contributed by atoms with van der Waals surface area (Å²) in [5.74, 6) is 2.19. The highest BCUT2D eigenvalue weighted by Gasteiger charge is 2.19. The van der Waals surface area contributed by atoms with Gasteiger partial charge in [0.1, 0.15) is 17.3 Å². The van der Waals surface area contributed by atoms with Crippen LogP contribution in [0.5, 0.6) is 5.75 Å². The van der Waals surface area contributed by atoms with E-state index in [9.17, 15) is 4.79 Å². The lowest BCUT2D eigenvalue weighted by molar-refractivity contribution is -0.114. The Morgan fingerprint density at radius 1 is 1.24 bits per heavy atom. The molecule has 0 spiro atoms. The second-order valence-corrected chi connectivity index (χ2v) is 5.99. The third-order valence-corrected chi connectivity index (χ3v) is 3.92. The van der Waals surface area contributed by atoms with Crippen molar-refractivity contribution in [3.05, 3.63) is 47.4 Å². The lowest BCUT2D eigenvalue weighted by Crippen LogP contribution is -2.27. The van der Waals surface area contributed by atoms with Crippen LogP contribution in [0.4, 0.5) is 5.69 Å². The van der Waals surface area contributed by atoms with Gasteiger partial charge in [-0.25, -0.2) is 0 Å². The molecule has 6 heteroatoms. The quantitative estimate of drug-likeness (QED) is 0.764. The summed E-state index contributed by atoms with van der Waals surface area (Å²) < 4.78 is 16.3. The van der Waals surface area contributed by atoms with E-state index in [1.54, 1.807) is 14.2 Å². The number of nitrogens with one attached hydrogen (secondary N) is 2. The average molecular weight is 346 g/mol. The number of anilines is 1. The van der Waals surface area contributed by atoms with Crippen LogP contribution in [0.1, 0.15) is 43.0 Å². The van der Waals surface area contributed by atoms with Gasteiger partial charge in [0.05, 0.1) is 25.4 Å². The Hall–Kier alpha value is -2.31. The number of carbonyl (C=O) groups is 1. The van der Waals surface area contributed by atoms with Crippen LogP contribution < -0.4 is 15.4 Å². The Balaban J connectivity index is 2.20. The van der Waals surface area contributed by atoms with Crippen LogP contribution in [-0.2, 0) is 9.53 Å². The fraction of sp³-hybridized carbons (Fsp3) is 0.421. The monoisotopic (exact) mass is 346 g/mol. The minimum atomic E-state index is -0.139. The molecule has 1 amide bonds. The first kappa shape index (κ1) is 19.0. The van der Waals surface area contributed by atoms with Crippen LogP contribution in [-0.4, -0.2) is 26.7 Å². The molecule has 136 valence electrons. The number of hydrogen-bond acceptors (Lipinski definition) is 5. The summed E-state index contributed by atoms with van der Waals surface area (Å²) in [5, 5.41) is 6.31. The molecule has 0 aliphatic rings. The lowest BCUT2D eigenvalue weighted by atomic mass is 10.1. The van der Waals surface area contributed by atoms with Gasteiger partial charge in [-0.05, 0) is 43.7 Å². The standard InChI is InChI=1S/C19H26N2O4/c1-12-6-8-19(25-12)17(11-23-4)20-13(2)15-7-9-18(24-5)16(10-15)21-14(3)22/h6-10,13,17,20H,11H2,1-5H3,(H,21,22)/t13-,17+/m1/s1. The number of furan rings is 1. The first-order valence-electron chi connectivity index (χ1n) is 8.21. The van der Waals surface area contributed by atoms with E-state index in [4.69, 9.17) is 13.9 Å². The maximum atomic E-state index is 11.4. The Kier molecular flexibility index (Phi) is 6.61. The molecule has 0 saturated carbocycles. The maximum absolute atomic E-state index is 11.4. The van der Waals surface area contributed by atoms with Crippen molar-refractivity contribution < 1.29 is 18.7 Å². The molecule has 6 nitrogen and oxygen atoms in total. The smallest absolute Gasteiger partial charge is 0.221 e. The summed E-state index contributed by atoms with van der Waals surface area (Å²) in [6, 6.07) is 9.57. The molecule has 0 fully saturated rings. The second kappa shape index (κ2) is 8.69. The number of methoxy groups -OCH3 is 2. The van der Waals surface area contributed by atoms with Crippen LogP contribution in [0.2, 0.25) is 0 Å². The minimum Gasteiger partial charge on any atom is -0.495 e. The van der Waals surface area contributed by atoms with Gasteiger partial charge in [0.2, 0.25) is 5.91 Å². The Labute approximate surface area is 148 Å². The zero-order valence-electron chi connectivity index (χ0n) is 15.4. The van der Waals surface area contributed by atoms with Gasteiger partial charge in [-0.1, -0.05) is 6.07 Å². The molecule has 2 rings (SSSR count). The molecule has 0 aliphatic heterocycles. The van der Waals surface area contributed by atoms with Crippen molar-refractivity contribution in [1.82, 2.24) is 5.32 Å². The van der Waals surface area contributed by atoms with Gasteiger partial charge < -0.3 is 19.2 Å². The lowest BCUT2D eigenvalue weighted by Gasteiger charge is -2.22. The third-order valence-electron chi connectivity index (χ3n) is 3.92. The SMILES string of the molecule is COC[C@H](N[C@H](C)c1ccc(OC)c(NC(C)=O)c1)c1ccc(C)o1. The van der Waals surface area contributed by atoms with Gasteiger partial charge in [-0.15, -0.1) is 0 Å². The predicted octanol–water partition coefficient (Wildman–Crippen LogP) is 3.59. The average Bonchev–Trinajstić information content (AvgIpc) is 3.00. The molecule has 0 radical (unpaired) electrons. The molecule has 1 aromatic carbocycles. The first-order chi connectivity index (χ1) is 11.9. The largest absolute Gasteiger partial charge is 0.495 e. The fourth-order valence-corrected chi connectivity index (χ4v) is 2.70. The first-order valence-corrected chi connectivity index (χ1v) is 8.21. The summed E-state index contributed by atoms with van der Waals surface area (Å²) in [6.45, 7) is 5.94. The summed E-state index contributed by atoms with van der Waals surface area (Å²) in [6.07, 6.45) is 0. The molecule has 25 heavy (non-hydrogen) atoms. The van der Waals surface area contributed by atoms with Crippen molar-refractivity contribution in [2.45, 2.75) is 32.9 Å². The van der Waals surface area contributed by atoms with Crippen molar-refractivity contribution in [3.63, 3.8) is 0 Å². The van der Waals surface area contributed by atoms with E-state index >= 15 is 0 Å². The molecular weight excluding hydrogens is 320 g/mol. The van der Waals surface area contributed by atoms with Gasteiger partial charge in [0, 0.05) is 20.1 Å². The van der Waals surface area contributed by atoms with Crippen LogP contribution in [0.3, 0.4) is 0 Å². The number of hydrogen-bond donors (Lipinski definition) is 2. The topological polar surface area (TPSA) is 72.7 Å². The molecule has 1 aromatic heterocycles. The summed E-state index contributed by atoms with van der Waals surface area (Å²) >= 11 is 0. The van der Waals surface area contributed by atoms with Gasteiger partial charge >= 0.3 is 0 Å². The molecule has 0 bridgehead atoms. The normalized spacial score (nSPS) is 13.3. The van der Waals surface area contributed by atoms with Crippen LogP contribution in [0.15, 0.2) is 34.7 Å². The summed E-state index contributed by atoms with van der Waals surface area (Å²) in [4.78, 5) is 11.4. The number of ether oxygens (including phenoxy) is 2. The van der Waals surface area contributed by atoms with E-state index in [-0.39, 0.29) is 18.0 Å². The van der Waals surface area contributed by atoms with Crippen LogP contribution in [0.25, 0.3) is 0 Å². The second-order valence-electron chi connectivity index (χ2n) is 5.99. The van der Waals surface area contributed by atoms with Crippen molar-refractivity contribution in [3.8, 4) is 5.75 Å². The van der Waals surface area contributed by atoms with Crippen molar-refractivity contribution in [2.24, 2.45) is 0 Å². The predicted molar refractivity (Wildman–Crippen MR) is 96.9 cm³/mol. The molecular formula is C19H26N2O4. The number of aryl methyl sites for hydroxylation is 1. The van der Waals surface area contributed by atoms with E-state index < -0.39 is 0 Å². The number of benzene rings is 1. The van der Waals surface area contributed by atoms with Crippen molar-refractivity contribution in [1.29, 1.82) is 0 Å². The van der Waals surface area contributed by atoms with Crippen molar-refractivity contribution in [2.75, 3.05) is 26.1 Å². The Bertz CT molecular complexity index is 711. The fourth-order valence-electron chi connectivity index (χ4n) is 2.70. The number of carbonyl (C=O) groups excluding carboxylic acids is 1. The van der Waals surface area contributed by atoms with E-state index in [1.165, 1.54) is 6.92 Å². The van der Waals surface area contributed by atoms with E-state index in [0.717, 1.165) is 17.1 Å². The Morgan fingerprint density at radius 3 is 2.56 bits per heavy atom. The van der Waals surface area contributed by atoms with Crippen molar-refractivity contribution >= 4 is 11.6 Å². The number of rotatable bonds is 8. The van der Waals surface area contributed by atoms with E-state index in [1.807, 2.05) is 37.3 Å². The molecule has 0 saturated heterocycles. The molecule has 1 heterocycles. The summed E-state index contributed by atoms with van der Waals surface area (Å²) in [5.41, 5.74) is 1.67. The third kappa shape index (κ3) is 5.08. The van der Waals surface area contributed by atoms with E-state index in [0.29, 0.717) is 18.0 Å². The van der Waals surface area contributed by atoms with Gasteiger partial charge in [-0.2, -0.15) is 0 Å². The van der Waals surface area contributed by atoms with Crippen LogP contribution >= 0.6 is 0 Å². The van der Waals surface area contributed by atoms with E-state index in [2.05, 4.69) is 17.6 Å². The molecule has 2 atom stereocenters. The van der Waals surface area contributed by atoms with Crippen LogP contribution in [0, 0.1) is 6.92 Å². The van der Waals surface area contributed by atoms with Gasteiger partial charge in [0.25, 0.3) is 0 Å². The minimum absolute atomic E-state index is 0.0176. The van der Waals surface area contributed by atoms with Gasteiger partial charge in [-0.3, -0.25) is 10.1 Å². The van der Waals surface area contributed by atoms with Gasteiger partial charge in [0.15, 0.2) is 0 Å². The highest BCUT2D eigenvalue weighted by atomic mass is 16.5. The molecule has 2 aromatic rings. The summed E-state index contributed by atoms with van der Waals surface area (Å²) in [7, 11) is 3.24. The zero-order chi connectivity index (χ0) is 18.4.